The summed E-state index contributed by atoms with van der Waals surface area (Å²) in [5.41, 5.74) is 0. The van der Waals surface area contributed by atoms with Gasteiger partial charge in [0, 0.05) is 13.2 Å². The van der Waals surface area contributed by atoms with E-state index < -0.39 is 101 Å². The molecule has 8 saturated heterocycles. The van der Waals surface area contributed by atoms with Gasteiger partial charge < -0.3 is 162 Å². The van der Waals surface area contributed by atoms with Crippen molar-refractivity contribution in [3.63, 3.8) is 0 Å². The Balaban J connectivity index is 1.06. The highest BCUT2D eigenvalue weighted by Crippen LogP contribution is 2.31. The number of amides is 1. The average molecular weight is 2070 g/mol. The van der Waals surface area contributed by atoms with Gasteiger partial charge in [0.05, 0.1) is 211 Å². The Morgan fingerprint density at radius 1 is 0.236 bits per heavy atom. The first-order valence-corrected chi connectivity index (χ1v) is 55.3. The van der Waals surface area contributed by atoms with E-state index in [4.69, 9.17) is 156 Å². The lowest BCUT2D eigenvalue weighted by molar-refractivity contribution is -0.162. The van der Waals surface area contributed by atoms with Gasteiger partial charge in [0.15, 0.2) is 46.3 Å². The van der Waals surface area contributed by atoms with Gasteiger partial charge in [-0.25, -0.2) is 4.79 Å². The van der Waals surface area contributed by atoms with E-state index in [1.54, 1.807) is 0 Å². The Morgan fingerprint density at radius 2 is 0.431 bits per heavy atom. The van der Waals surface area contributed by atoms with E-state index in [0.717, 1.165) is 57.8 Å². The fraction of sp³-hybridized carbons (Fsp3) is 0.954. The smallest absolute Gasteiger partial charge is 0.407 e. The molecule has 9 atom stereocenters. The molecule has 144 heavy (non-hydrogen) atoms. The van der Waals surface area contributed by atoms with Crippen LogP contribution in [0.25, 0.3) is 0 Å². The molecule has 8 fully saturated rings. The second-order valence-electron chi connectivity index (χ2n) is 43.5. The number of ether oxygens (including phenoxy) is 33. The molecule has 8 rings (SSSR count). The zero-order chi connectivity index (χ0) is 104. The van der Waals surface area contributed by atoms with E-state index in [0.29, 0.717) is 66.1 Å². The molecule has 8 aliphatic rings. The highest BCUT2D eigenvalue weighted by Gasteiger charge is 2.41. The molecule has 0 saturated carbocycles. The first-order chi connectivity index (χ1) is 69.1. The zero-order valence-electron chi connectivity index (χ0n) is 92.3. The molecule has 0 bridgehead atoms. The minimum absolute atomic E-state index is 0.0834. The van der Waals surface area contributed by atoms with Gasteiger partial charge in [0.2, 0.25) is 0 Å². The number of nitrogens with one attached hydrogen (secondary N) is 1. The van der Waals surface area contributed by atoms with Gasteiger partial charge in [-0.05, 0) is 175 Å². The van der Waals surface area contributed by atoms with Crippen molar-refractivity contribution in [2.45, 2.75) is 448 Å². The highest BCUT2D eigenvalue weighted by molar-refractivity contribution is 5.67. The Bertz CT molecular complexity index is 2860. The summed E-state index contributed by atoms with van der Waals surface area (Å²) in [5.74, 6) is -6.20. The summed E-state index contributed by atoms with van der Waals surface area (Å²) in [6.07, 6.45) is 34.6. The zero-order valence-corrected chi connectivity index (χ0v) is 92.3. The second-order valence-corrected chi connectivity index (χ2v) is 43.5. The van der Waals surface area contributed by atoms with Gasteiger partial charge in [-0.1, -0.05) is 154 Å². The summed E-state index contributed by atoms with van der Waals surface area (Å²) in [5, 5.41) is 3.16. The summed E-state index contributed by atoms with van der Waals surface area (Å²) >= 11 is 0. The van der Waals surface area contributed by atoms with Crippen LogP contribution in [0.4, 0.5) is 4.79 Å². The molecule has 0 aromatic carbocycles. The maximum Gasteiger partial charge on any atom is 0.407 e. The summed E-state index contributed by atoms with van der Waals surface area (Å²) < 4.78 is 209. The van der Waals surface area contributed by atoms with E-state index in [-0.39, 0.29) is 207 Å². The number of rotatable bonds is 88. The molecule has 1 N–H and O–H groups in total. The Hall–Kier alpha value is -2.53. The predicted octanol–water partition coefficient (Wildman–Crippen LogP) is 17.2. The Morgan fingerprint density at radius 3 is 0.660 bits per heavy atom. The molecular formula is C109H199NO34. The minimum Gasteiger partial charge on any atom is -0.447 e. The number of allylic oxidation sites excluding steroid dienone is 4. The van der Waals surface area contributed by atoms with Crippen molar-refractivity contribution in [3.8, 4) is 0 Å². The molecule has 35 nitrogen and oxygen atoms in total. The van der Waals surface area contributed by atoms with Crippen LogP contribution in [0.15, 0.2) is 24.3 Å². The van der Waals surface area contributed by atoms with Gasteiger partial charge in [0.25, 0.3) is 0 Å². The molecule has 9 unspecified atom stereocenters. The highest BCUT2D eigenvalue weighted by atomic mass is 16.8. The van der Waals surface area contributed by atoms with Crippen LogP contribution in [-0.4, -0.2) is 375 Å². The maximum atomic E-state index is 15.1. The van der Waals surface area contributed by atoms with Gasteiger partial charge in [-0.15, -0.1) is 0 Å². The molecular weight excluding hydrogens is 1870 g/mol. The van der Waals surface area contributed by atoms with Crippen LogP contribution in [0.3, 0.4) is 0 Å². The molecule has 844 valence electrons. The first kappa shape index (κ1) is 127. The van der Waals surface area contributed by atoms with Crippen LogP contribution < -0.4 is 5.32 Å². The fourth-order valence-corrected chi connectivity index (χ4v) is 17.7. The third-order valence-corrected chi connectivity index (χ3v) is 25.4. The van der Waals surface area contributed by atoms with Crippen LogP contribution in [0.1, 0.15) is 304 Å². The lowest BCUT2D eigenvalue weighted by atomic mass is 10.1. The summed E-state index contributed by atoms with van der Waals surface area (Å²) in [7, 11) is 0. The first-order valence-electron chi connectivity index (χ1n) is 55.3. The predicted molar refractivity (Wildman–Crippen MR) is 542 cm³/mol. The van der Waals surface area contributed by atoms with E-state index in [1.165, 1.54) is 122 Å². The van der Waals surface area contributed by atoms with Gasteiger partial charge in [0.1, 0.15) is 98.2 Å². The summed E-state index contributed by atoms with van der Waals surface area (Å²) in [6.45, 7) is 40.2. The van der Waals surface area contributed by atoms with Crippen molar-refractivity contribution in [3.05, 3.63) is 24.3 Å². The molecule has 0 aliphatic carbocycles. The lowest BCUT2D eigenvalue weighted by Crippen LogP contribution is -2.46. The van der Waals surface area contributed by atoms with Crippen LogP contribution in [0.2, 0.25) is 0 Å². The summed E-state index contributed by atoms with van der Waals surface area (Å²) in [6, 6.07) is -0.974. The summed E-state index contributed by atoms with van der Waals surface area (Å²) in [4.78, 5) is 15.1. The SMILES string of the molecule is CCCCCCCC/C=C\CCCCCCCCOCC(COC(=O)NC(COC(COC(COCC1COC(C)(C)O1)COCC1COC(C)(C)O1)COC(COCC1COC(C)(C)O1)COCC1COC(C)(C)O1)COC(COC(COCC1COC(C)(C)O1)COCC1COC(C)(C)O1)COC(COCC1COC(C)(C)O1)COCC1COC(C)(C)O1)OCCCCCCCC/C=C\CCCCCCCC. The number of unbranched alkanes of at least 4 members (excludes halogenated alkanes) is 24. The average Bonchev–Trinajstić information content (AvgIpc) is 1.77. The van der Waals surface area contributed by atoms with E-state index in [1.807, 2.05) is 111 Å². The second kappa shape index (κ2) is 70.8. The molecule has 8 heterocycles. The normalized spacial score (nSPS) is 25.2. The molecule has 35 heteroatoms. The quantitative estimate of drug-likeness (QED) is 0.0436. The third-order valence-electron chi connectivity index (χ3n) is 25.4. The number of hydrogen-bond donors (Lipinski definition) is 1. The van der Waals surface area contributed by atoms with E-state index in [2.05, 4.69) is 43.5 Å². The van der Waals surface area contributed by atoms with Gasteiger partial charge >= 0.3 is 6.09 Å². The van der Waals surface area contributed by atoms with Gasteiger partial charge in [-0.3, -0.25) is 0 Å². The third kappa shape index (κ3) is 59.8. The molecule has 0 spiro atoms. The number of hydrogen-bond acceptors (Lipinski definition) is 34. The van der Waals surface area contributed by atoms with Crippen molar-refractivity contribution in [1.29, 1.82) is 0 Å². The van der Waals surface area contributed by atoms with Crippen molar-refractivity contribution >= 4 is 6.09 Å². The van der Waals surface area contributed by atoms with Gasteiger partial charge in [-0.2, -0.15) is 0 Å². The molecule has 8 aliphatic heterocycles. The molecule has 0 aromatic rings. The molecule has 1 amide bonds. The Labute approximate surface area is 865 Å². The maximum absolute atomic E-state index is 15.1. The minimum atomic E-state index is -0.974. The Kier molecular flexibility index (Phi) is 62.3. The molecule has 0 radical (unpaired) electrons. The fourth-order valence-electron chi connectivity index (χ4n) is 17.7. The monoisotopic (exact) mass is 2070 g/mol. The van der Waals surface area contributed by atoms with Crippen molar-refractivity contribution in [2.75, 3.05) is 225 Å². The van der Waals surface area contributed by atoms with Crippen molar-refractivity contribution in [2.24, 2.45) is 0 Å². The van der Waals surface area contributed by atoms with E-state index >= 15 is 4.79 Å². The van der Waals surface area contributed by atoms with Crippen molar-refractivity contribution in [1.82, 2.24) is 5.32 Å². The number of carbonyl (C=O) groups is 1. The van der Waals surface area contributed by atoms with Crippen LogP contribution >= 0.6 is 0 Å². The number of carbonyl (C=O) groups excluding carboxylic acids is 1. The van der Waals surface area contributed by atoms with Crippen LogP contribution in [0.5, 0.6) is 0 Å². The lowest BCUT2D eigenvalue weighted by Gasteiger charge is -2.29. The standard InChI is InChI=1S/C109H199NO34/c1-19-21-23-25-27-29-31-33-35-37-39-41-43-45-47-49-51-112-55-90(121-52-50-48-46-44-42-40-38-36-34-32-30-28-26-24-22-20-2)76-128-101(111)110-85(53-122-91(72-124-86(56-113-64-93-77-129-102(3,4)137-93)57-114-65-94-78-130-103(5,6)138-94)73-125-87(58-115-66-95-79-131-104(7,8)139-95)59-116-67-96-80-132-105(9,10)140-96)54-123-92(74-126-88(60-117-68-97-81-133-106(11,12)141-97)61-118-69-98-82-134-107(13,14)142-98)75-127-89(62-119-70-99-83-135-108(15,16)143-99)63-120-71-100-84-136-109(17,18)144-100/h33-36,85-100H,19-32,37-84H2,1-18H3,(H,110,111)/b35-33-,36-34-. The van der Waals surface area contributed by atoms with Crippen LogP contribution in [-0.2, 0) is 156 Å². The van der Waals surface area contributed by atoms with E-state index in [9.17, 15) is 0 Å². The molecule has 0 aromatic heterocycles. The largest absolute Gasteiger partial charge is 0.447 e. The van der Waals surface area contributed by atoms with Crippen molar-refractivity contribution < 1.29 is 161 Å². The topological polar surface area (TPSA) is 334 Å². The van der Waals surface area contributed by atoms with Crippen LogP contribution in [0, 0.1) is 0 Å². The number of alkyl carbamates (subject to hydrolysis) is 1.